The summed E-state index contributed by atoms with van der Waals surface area (Å²) in [5.74, 6) is -1.76. The van der Waals surface area contributed by atoms with Gasteiger partial charge in [0.1, 0.15) is 6.04 Å². The predicted octanol–water partition coefficient (Wildman–Crippen LogP) is 0.0605. The van der Waals surface area contributed by atoms with Gasteiger partial charge in [-0.2, -0.15) is 4.72 Å². The first-order valence-corrected chi connectivity index (χ1v) is 6.07. The van der Waals surface area contributed by atoms with Crippen LogP contribution in [0.4, 0.5) is 4.39 Å². The van der Waals surface area contributed by atoms with Crippen LogP contribution in [0.3, 0.4) is 0 Å². The number of sulfonamides is 1. The van der Waals surface area contributed by atoms with E-state index in [2.05, 4.69) is 9.72 Å². The number of rotatable bonds is 4. The molecule has 0 aliphatic rings. The monoisotopic (exact) mass is 262 g/mol. The number of carbonyl (C=O) groups is 1. The highest BCUT2D eigenvalue weighted by molar-refractivity contribution is 7.89. The third-order valence-corrected chi connectivity index (χ3v) is 3.34. The average molecular weight is 262 g/mol. The fourth-order valence-corrected chi connectivity index (χ4v) is 2.28. The van der Waals surface area contributed by atoms with Crippen molar-refractivity contribution in [3.63, 3.8) is 0 Å². The fourth-order valence-electron chi connectivity index (χ4n) is 1.08. The van der Waals surface area contributed by atoms with Crippen molar-refractivity contribution in [2.75, 3.05) is 7.11 Å². The van der Waals surface area contributed by atoms with Gasteiger partial charge in [-0.25, -0.2) is 17.8 Å². The summed E-state index contributed by atoms with van der Waals surface area (Å²) in [5, 5.41) is -0.754. The number of hydrogen-bond acceptors (Lipinski definition) is 5. The first-order chi connectivity index (χ1) is 7.88. The van der Waals surface area contributed by atoms with Gasteiger partial charge in [-0.15, -0.1) is 0 Å². The number of nitrogens with one attached hydrogen (secondary N) is 1. The number of hydrogen-bond donors (Lipinski definition) is 1. The normalized spacial score (nSPS) is 13.1. The van der Waals surface area contributed by atoms with E-state index in [0.717, 1.165) is 19.4 Å². The molecular formula is C9H11FN2O4S. The molecule has 8 heteroatoms. The van der Waals surface area contributed by atoms with Gasteiger partial charge in [0.2, 0.25) is 5.03 Å². The molecule has 0 bridgehead atoms. The molecule has 1 N–H and O–H groups in total. The minimum atomic E-state index is -4.18. The minimum Gasteiger partial charge on any atom is -0.468 e. The van der Waals surface area contributed by atoms with E-state index in [1.807, 2.05) is 4.72 Å². The van der Waals surface area contributed by atoms with Gasteiger partial charge in [0.15, 0.2) is 5.82 Å². The summed E-state index contributed by atoms with van der Waals surface area (Å²) in [6, 6.07) is 1.11. The molecule has 1 rings (SSSR count). The molecule has 0 aliphatic heterocycles. The summed E-state index contributed by atoms with van der Waals surface area (Å²) >= 11 is 0. The molecule has 0 spiro atoms. The van der Waals surface area contributed by atoms with Crippen LogP contribution in [0, 0.1) is 5.82 Å². The van der Waals surface area contributed by atoms with Crippen molar-refractivity contribution in [2.24, 2.45) is 0 Å². The van der Waals surface area contributed by atoms with Gasteiger partial charge >= 0.3 is 5.97 Å². The zero-order chi connectivity index (χ0) is 13.1. The number of methoxy groups -OCH3 is 1. The Morgan fingerprint density at radius 3 is 2.76 bits per heavy atom. The van der Waals surface area contributed by atoms with Gasteiger partial charge in [0, 0.05) is 6.20 Å². The highest BCUT2D eigenvalue weighted by Gasteiger charge is 2.26. The Morgan fingerprint density at radius 1 is 1.59 bits per heavy atom. The van der Waals surface area contributed by atoms with Crippen molar-refractivity contribution in [2.45, 2.75) is 18.0 Å². The number of carbonyl (C=O) groups excluding carboxylic acids is 1. The van der Waals surface area contributed by atoms with Crippen LogP contribution < -0.4 is 4.72 Å². The number of pyridine rings is 1. The molecule has 0 radical (unpaired) electrons. The lowest BCUT2D eigenvalue weighted by atomic mass is 10.4. The molecule has 6 nitrogen and oxygen atoms in total. The van der Waals surface area contributed by atoms with Crippen LogP contribution in [0.25, 0.3) is 0 Å². The number of esters is 1. The quantitative estimate of drug-likeness (QED) is 0.775. The lowest BCUT2D eigenvalue weighted by Crippen LogP contribution is -2.39. The smallest absolute Gasteiger partial charge is 0.323 e. The van der Waals surface area contributed by atoms with Crippen molar-refractivity contribution in [3.8, 4) is 0 Å². The van der Waals surface area contributed by atoms with Gasteiger partial charge in [-0.1, -0.05) is 0 Å². The first-order valence-electron chi connectivity index (χ1n) is 4.59. The SMILES string of the molecule is COC(=O)C(C)NS(=O)(=O)c1ncccc1F. The molecule has 1 aromatic rings. The highest BCUT2D eigenvalue weighted by atomic mass is 32.2. The topological polar surface area (TPSA) is 85.4 Å². The van der Waals surface area contributed by atoms with Crippen LogP contribution in [0.2, 0.25) is 0 Å². The fraction of sp³-hybridized carbons (Fsp3) is 0.333. The van der Waals surface area contributed by atoms with Crippen molar-refractivity contribution in [3.05, 3.63) is 24.1 Å². The molecule has 1 atom stereocenters. The predicted molar refractivity (Wildman–Crippen MR) is 56.0 cm³/mol. The van der Waals surface area contributed by atoms with Crippen LogP contribution in [0.1, 0.15) is 6.92 Å². The van der Waals surface area contributed by atoms with Crippen LogP contribution in [0.15, 0.2) is 23.4 Å². The Morgan fingerprint density at radius 2 is 2.24 bits per heavy atom. The summed E-state index contributed by atoms with van der Waals surface area (Å²) < 4.78 is 42.8. The molecule has 0 saturated heterocycles. The van der Waals surface area contributed by atoms with Crippen molar-refractivity contribution >= 4 is 16.0 Å². The van der Waals surface area contributed by atoms with E-state index in [0.29, 0.717) is 0 Å². The van der Waals surface area contributed by atoms with E-state index in [4.69, 9.17) is 0 Å². The maximum Gasteiger partial charge on any atom is 0.323 e. The third-order valence-electron chi connectivity index (χ3n) is 1.87. The molecule has 0 aromatic carbocycles. The second-order valence-electron chi connectivity index (χ2n) is 3.16. The first kappa shape index (κ1) is 13.5. The standard InChI is InChI=1S/C9H11FN2O4S/c1-6(9(13)16-2)12-17(14,15)8-7(10)4-3-5-11-8/h3-6,12H,1-2H3. The Kier molecular flexibility index (Phi) is 4.13. The largest absolute Gasteiger partial charge is 0.468 e. The second kappa shape index (κ2) is 5.19. The molecule has 1 unspecified atom stereocenters. The number of ether oxygens (including phenoxy) is 1. The third kappa shape index (κ3) is 3.21. The molecule has 0 saturated carbocycles. The van der Waals surface area contributed by atoms with Gasteiger partial charge < -0.3 is 4.74 Å². The average Bonchev–Trinajstić information content (AvgIpc) is 2.27. The van der Waals surface area contributed by atoms with E-state index in [1.165, 1.54) is 13.0 Å². The zero-order valence-electron chi connectivity index (χ0n) is 9.18. The van der Waals surface area contributed by atoms with Crippen molar-refractivity contribution in [1.29, 1.82) is 0 Å². The van der Waals surface area contributed by atoms with E-state index >= 15 is 0 Å². The van der Waals surface area contributed by atoms with Crippen LogP contribution in [0.5, 0.6) is 0 Å². The Hall–Kier alpha value is -1.54. The molecule has 94 valence electrons. The maximum atomic E-state index is 13.2. The highest BCUT2D eigenvalue weighted by Crippen LogP contribution is 2.10. The Balaban J connectivity index is 2.98. The number of halogens is 1. The summed E-state index contributed by atoms with van der Waals surface area (Å²) in [4.78, 5) is 14.5. The van der Waals surface area contributed by atoms with Gasteiger partial charge in [-0.3, -0.25) is 4.79 Å². The molecule has 0 fully saturated rings. The molecule has 0 amide bonds. The van der Waals surface area contributed by atoms with E-state index in [-0.39, 0.29) is 0 Å². The van der Waals surface area contributed by atoms with Crippen molar-refractivity contribution in [1.82, 2.24) is 9.71 Å². The Labute approximate surface area is 97.9 Å². The Bertz CT molecular complexity index is 517. The minimum absolute atomic E-state index is 0.754. The summed E-state index contributed by atoms with van der Waals surface area (Å²) in [6.45, 7) is 1.28. The molecule has 0 aliphatic carbocycles. The maximum absolute atomic E-state index is 13.2. The molecule has 1 heterocycles. The molecular weight excluding hydrogens is 251 g/mol. The summed E-state index contributed by atoms with van der Waals surface area (Å²) in [6.07, 6.45) is 1.14. The zero-order valence-corrected chi connectivity index (χ0v) is 9.99. The van der Waals surface area contributed by atoms with Crippen LogP contribution >= 0.6 is 0 Å². The lowest BCUT2D eigenvalue weighted by molar-refractivity contribution is -0.142. The number of nitrogens with zero attached hydrogens (tertiary/aromatic N) is 1. The summed E-state index contributed by atoms with van der Waals surface area (Å²) in [5.41, 5.74) is 0. The van der Waals surface area contributed by atoms with Gasteiger partial charge in [0.05, 0.1) is 7.11 Å². The van der Waals surface area contributed by atoms with Crippen molar-refractivity contribution < 1.29 is 22.3 Å². The van der Waals surface area contributed by atoms with Gasteiger partial charge in [-0.05, 0) is 19.1 Å². The van der Waals surface area contributed by atoms with Gasteiger partial charge in [0.25, 0.3) is 10.0 Å². The number of aromatic nitrogens is 1. The van der Waals surface area contributed by atoms with E-state index < -0.39 is 32.9 Å². The second-order valence-corrected chi connectivity index (χ2v) is 4.79. The van der Waals surface area contributed by atoms with Crippen LogP contribution in [-0.2, 0) is 19.6 Å². The van der Waals surface area contributed by atoms with E-state index in [9.17, 15) is 17.6 Å². The molecule has 1 aromatic heterocycles. The van der Waals surface area contributed by atoms with Crippen LogP contribution in [-0.4, -0.2) is 32.5 Å². The van der Waals surface area contributed by atoms with E-state index in [1.54, 1.807) is 0 Å². The lowest BCUT2D eigenvalue weighted by Gasteiger charge is -2.11. The molecule has 17 heavy (non-hydrogen) atoms. The summed E-state index contributed by atoms with van der Waals surface area (Å²) in [7, 11) is -3.06.